The van der Waals surface area contributed by atoms with Gasteiger partial charge in [-0.05, 0) is 12.8 Å². The Labute approximate surface area is 77.8 Å². The molecule has 1 N–H and O–H groups in total. The van der Waals surface area contributed by atoms with Gasteiger partial charge in [-0.25, -0.2) is 0 Å². The summed E-state index contributed by atoms with van der Waals surface area (Å²) in [7, 11) is 0. The van der Waals surface area contributed by atoms with Gasteiger partial charge in [-0.15, -0.1) is 0 Å². The minimum absolute atomic E-state index is 0.0547. The molecule has 0 aromatic rings. The second-order valence-electron chi connectivity index (χ2n) is 2.95. The molecule has 12 heavy (non-hydrogen) atoms. The third-order valence-corrected chi connectivity index (χ3v) is 2.31. The molecule has 0 atom stereocenters. The predicted octanol–water partition coefficient (Wildman–Crippen LogP) is 2.03. The van der Waals surface area contributed by atoms with Crippen molar-refractivity contribution in [1.29, 1.82) is 0 Å². The van der Waals surface area contributed by atoms with Gasteiger partial charge in [0.25, 0.3) is 0 Å². The lowest BCUT2D eigenvalue weighted by Crippen LogP contribution is -2.41. The predicted molar refractivity (Wildman–Crippen MR) is 44.3 cm³/mol. The van der Waals surface area contributed by atoms with Gasteiger partial charge in [0.1, 0.15) is 0 Å². The topological polar surface area (TPSA) is 29.1 Å². The van der Waals surface area contributed by atoms with Crippen LogP contribution in [0.2, 0.25) is 0 Å². The molecule has 0 heterocycles. The van der Waals surface area contributed by atoms with E-state index in [9.17, 15) is 13.6 Å². The second kappa shape index (κ2) is 3.68. The van der Waals surface area contributed by atoms with Crippen molar-refractivity contribution < 1.29 is 13.6 Å². The number of halogens is 3. The van der Waals surface area contributed by atoms with Crippen LogP contribution < -0.4 is 5.32 Å². The number of hydrogen-bond donors (Lipinski definition) is 1. The van der Waals surface area contributed by atoms with E-state index in [1.807, 2.05) is 15.9 Å². The highest BCUT2D eigenvalue weighted by atomic mass is 79.9. The summed E-state index contributed by atoms with van der Waals surface area (Å²) >= 11 is 2.01. The number of amides is 1. The first-order valence-corrected chi connectivity index (χ1v) is 4.67. The normalized spacial score (nSPS) is 19.6. The van der Waals surface area contributed by atoms with Crippen LogP contribution in [-0.4, -0.2) is 16.8 Å². The van der Waals surface area contributed by atoms with Crippen molar-refractivity contribution in [3.63, 3.8) is 0 Å². The maximum Gasteiger partial charge on any atom is 0.377 e. The number of alkyl halides is 3. The van der Waals surface area contributed by atoms with Crippen molar-refractivity contribution in [2.75, 3.05) is 0 Å². The fourth-order valence-electron chi connectivity index (χ4n) is 1.34. The van der Waals surface area contributed by atoms with E-state index in [2.05, 4.69) is 5.32 Å². The summed E-state index contributed by atoms with van der Waals surface area (Å²) in [5, 5.41) is 2.28. The van der Waals surface area contributed by atoms with E-state index < -0.39 is 10.7 Å². The van der Waals surface area contributed by atoms with Gasteiger partial charge in [-0.3, -0.25) is 4.79 Å². The first-order valence-electron chi connectivity index (χ1n) is 3.88. The molecule has 1 rings (SSSR count). The standard InChI is InChI=1S/C7H10BrF2NO/c8-7(9,10)6(12)11-5-3-1-2-4-5/h5H,1-4H2,(H,11,12). The first-order chi connectivity index (χ1) is 5.50. The van der Waals surface area contributed by atoms with Crippen LogP contribution in [0.3, 0.4) is 0 Å². The summed E-state index contributed by atoms with van der Waals surface area (Å²) in [6, 6.07) is -0.0547. The van der Waals surface area contributed by atoms with Gasteiger partial charge < -0.3 is 5.32 Å². The summed E-state index contributed by atoms with van der Waals surface area (Å²) in [5.74, 6) is -1.23. The molecular weight excluding hydrogens is 232 g/mol. The summed E-state index contributed by atoms with van der Waals surface area (Å²) in [6.07, 6.45) is 3.65. The summed E-state index contributed by atoms with van der Waals surface area (Å²) in [6.45, 7) is 0. The monoisotopic (exact) mass is 241 g/mol. The minimum atomic E-state index is -3.42. The van der Waals surface area contributed by atoms with Gasteiger partial charge in [0.2, 0.25) is 0 Å². The largest absolute Gasteiger partial charge is 0.377 e. The van der Waals surface area contributed by atoms with E-state index in [1.54, 1.807) is 0 Å². The van der Waals surface area contributed by atoms with Crippen LogP contribution in [0.4, 0.5) is 8.78 Å². The lowest BCUT2D eigenvalue weighted by molar-refractivity contribution is -0.134. The molecule has 70 valence electrons. The SMILES string of the molecule is O=C(NC1CCCC1)C(F)(F)Br. The van der Waals surface area contributed by atoms with Gasteiger partial charge in [0.05, 0.1) is 0 Å². The molecule has 1 aliphatic carbocycles. The van der Waals surface area contributed by atoms with Crippen LogP contribution in [0, 0.1) is 0 Å². The Kier molecular flexibility index (Phi) is 3.04. The zero-order valence-corrected chi connectivity index (χ0v) is 8.03. The van der Waals surface area contributed by atoms with Crippen LogP contribution in [0.15, 0.2) is 0 Å². The van der Waals surface area contributed by atoms with Crippen LogP contribution in [-0.2, 0) is 4.79 Å². The number of carbonyl (C=O) groups is 1. The van der Waals surface area contributed by atoms with Crippen molar-refractivity contribution in [3.8, 4) is 0 Å². The molecule has 2 nitrogen and oxygen atoms in total. The van der Waals surface area contributed by atoms with Gasteiger partial charge in [0.15, 0.2) is 0 Å². The van der Waals surface area contributed by atoms with Crippen LogP contribution >= 0.6 is 15.9 Å². The highest BCUT2D eigenvalue weighted by Gasteiger charge is 2.36. The lowest BCUT2D eigenvalue weighted by atomic mass is 10.2. The highest BCUT2D eigenvalue weighted by molar-refractivity contribution is 9.10. The van der Waals surface area contributed by atoms with Gasteiger partial charge in [-0.2, -0.15) is 8.78 Å². The Morgan fingerprint density at radius 3 is 2.33 bits per heavy atom. The number of nitrogens with one attached hydrogen (secondary N) is 1. The average Bonchev–Trinajstić information content (AvgIpc) is 2.37. The Morgan fingerprint density at radius 1 is 1.42 bits per heavy atom. The molecule has 0 radical (unpaired) electrons. The maximum atomic E-state index is 12.3. The van der Waals surface area contributed by atoms with Gasteiger partial charge in [-0.1, -0.05) is 12.8 Å². The van der Waals surface area contributed by atoms with E-state index >= 15 is 0 Å². The van der Waals surface area contributed by atoms with E-state index in [1.165, 1.54) is 0 Å². The molecule has 0 unspecified atom stereocenters. The Hall–Kier alpha value is -0.190. The molecule has 0 spiro atoms. The van der Waals surface area contributed by atoms with Gasteiger partial charge in [0, 0.05) is 22.0 Å². The number of rotatable bonds is 2. The summed E-state index contributed by atoms with van der Waals surface area (Å²) < 4.78 is 24.5. The zero-order valence-electron chi connectivity index (χ0n) is 6.45. The third-order valence-electron chi connectivity index (χ3n) is 1.95. The van der Waals surface area contributed by atoms with Crippen molar-refractivity contribution in [2.24, 2.45) is 0 Å². The molecular formula is C7H10BrF2NO. The Morgan fingerprint density at radius 2 is 1.92 bits per heavy atom. The molecule has 0 saturated heterocycles. The second-order valence-corrected chi connectivity index (χ2v) is 3.95. The highest BCUT2D eigenvalue weighted by Crippen LogP contribution is 2.24. The van der Waals surface area contributed by atoms with Crippen LogP contribution in [0.25, 0.3) is 0 Å². The zero-order chi connectivity index (χ0) is 9.19. The molecule has 1 aliphatic rings. The quantitative estimate of drug-likeness (QED) is 0.737. The van der Waals surface area contributed by atoms with E-state index in [0.717, 1.165) is 25.7 Å². The van der Waals surface area contributed by atoms with Crippen molar-refractivity contribution in [2.45, 2.75) is 36.6 Å². The van der Waals surface area contributed by atoms with E-state index in [4.69, 9.17) is 0 Å². The third kappa shape index (κ3) is 2.69. The van der Waals surface area contributed by atoms with Crippen LogP contribution in [0.1, 0.15) is 25.7 Å². The molecule has 1 saturated carbocycles. The molecule has 0 aliphatic heterocycles. The number of carbonyl (C=O) groups excluding carboxylic acids is 1. The minimum Gasteiger partial charge on any atom is -0.347 e. The number of hydrogen-bond acceptors (Lipinski definition) is 1. The maximum absolute atomic E-state index is 12.3. The van der Waals surface area contributed by atoms with Crippen molar-refractivity contribution in [3.05, 3.63) is 0 Å². The smallest absolute Gasteiger partial charge is 0.347 e. The van der Waals surface area contributed by atoms with E-state index in [0.29, 0.717) is 0 Å². The molecule has 0 bridgehead atoms. The van der Waals surface area contributed by atoms with Crippen LogP contribution in [0.5, 0.6) is 0 Å². The molecule has 1 fully saturated rings. The summed E-state index contributed by atoms with van der Waals surface area (Å²) in [5.41, 5.74) is 0. The Balaban J connectivity index is 2.35. The molecule has 0 aromatic carbocycles. The Bertz CT molecular complexity index is 175. The fourth-order valence-corrected chi connectivity index (χ4v) is 1.45. The molecule has 1 amide bonds. The average molecular weight is 242 g/mol. The van der Waals surface area contributed by atoms with E-state index in [-0.39, 0.29) is 6.04 Å². The summed E-state index contributed by atoms with van der Waals surface area (Å²) in [4.78, 5) is 7.29. The lowest BCUT2D eigenvalue weighted by Gasteiger charge is -2.14. The fraction of sp³-hybridized carbons (Fsp3) is 0.857. The first kappa shape index (κ1) is 9.89. The van der Waals surface area contributed by atoms with Gasteiger partial charge >= 0.3 is 10.7 Å². The van der Waals surface area contributed by atoms with Crippen molar-refractivity contribution >= 4 is 21.8 Å². The molecule has 0 aromatic heterocycles. The van der Waals surface area contributed by atoms with Crippen molar-refractivity contribution in [1.82, 2.24) is 5.32 Å². The molecule has 5 heteroatoms.